The van der Waals surface area contributed by atoms with E-state index < -0.39 is 0 Å². The fourth-order valence-electron chi connectivity index (χ4n) is 4.70. The molecule has 1 aromatic heterocycles. The van der Waals surface area contributed by atoms with Crippen molar-refractivity contribution in [2.24, 2.45) is 11.8 Å². The molecule has 1 saturated heterocycles. The third-order valence-corrected chi connectivity index (χ3v) is 6.01. The molecule has 4 heterocycles. The number of hydrogen-bond donors (Lipinski definition) is 1. The summed E-state index contributed by atoms with van der Waals surface area (Å²) < 4.78 is 11.0. The van der Waals surface area contributed by atoms with Gasteiger partial charge in [0.15, 0.2) is 11.5 Å². The zero-order valence-corrected chi connectivity index (χ0v) is 14.1. The average Bonchev–Trinajstić information content (AvgIpc) is 3.24. The summed E-state index contributed by atoms with van der Waals surface area (Å²) >= 11 is 0. The predicted molar refractivity (Wildman–Crippen MR) is 94.5 cm³/mol. The highest BCUT2D eigenvalue weighted by atomic mass is 16.7. The number of nitrogens with one attached hydrogen (secondary N) is 1. The Kier molecular flexibility index (Phi) is 3.33. The number of nitrogens with zero attached hydrogens (tertiary/aromatic N) is 1. The molecule has 0 amide bonds. The van der Waals surface area contributed by atoms with Gasteiger partial charge in [0.05, 0.1) is 0 Å². The lowest BCUT2D eigenvalue weighted by molar-refractivity contribution is 0.0826. The smallest absolute Gasteiger partial charge is 0.231 e. The quantitative estimate of drug-likeness (QED) is 0.871. The summed E-state index contributed by atoms with van der Waals surface area (Å²) in [5, 5.41) is 1.27. The molecule has 4 aliphatic rings. The van der Waals surface area contributed by atoms with E-state index in [2.05, 4.69) is 47.3 Å². The maximum Gasteiger partial charge on any atom is 0.231 e. The van der Waals surface area contributed by atoms with Gasteiger partial charge in [0.1, 0.15) is 0 Å². The van der Waals surface area contributed by atoms with Gasteiger partial charge in [-0.2, -0.15) is 0 Å². The van der Waals surface area contributed by atoms with Crippen LogP contribution in [0.2, 0.25) is 0 Å². The van der Waals surface area contributed by atoms with Gasteiger partial charge in [-0.3, -0.25) is 4.90 Å². The Bertz CT molecular complexity index is 794. The summed E-state index contributed by atoms with van der Waals surface area (Å²) in [5.74, 6) is 3.32. The van der Waals surface area contributed by atoms with Crippen molar-refractivity contribution in [2.45, 2.75) is 32.2 Å². The van der Waals surface area contributed by atoms with E-state index in [0.717, 1.165) is 41.8 Å². The average molecular weight is 324 g/mol. The second-order valence-corrected chi connectivity index (χ2v) is 7.35. The molecule has 3 aliphatic heterocycles. The van der Waals surface area contributed by atoms with Crippen LogP contribution in [0, 0.1) is 11.8 Å². The Labute approximate surface area is 142 Å². The predicted octanol–water partition coefficient (Wildman–Crippen LogP) is 3.73. The Morgan fingerprint density at radius 3 is 2.92 bits per heavy atom. The van der Waals surface area contributed by atoms with Crippen LogP contribution in [0.3, 0.4) is 0 Å². The summed E-state index contributed by atoms with van der Waals surface area (Å²) in [5.41, 5.74) is 2.52. The molecule has 4 heteroatoms. The molecular weight excluding hydrogens is 300 g/mol. The van der Waals surface area contributed by atoms with E-state index in [1.807, 2.05) is 0 Å². The van der Waals surface area contributed by atoms with Crippen molar-refractivity contribution in [3.05, 3.63) is 36.0 Å². The summed E-state index contributed by atoms with van der Waals surface area (Å²) in [6.07, 6.45) is 10.8. The number of ether oxygens (including phenoxy) is 2. The third-order valence-electron chi connectivity index (χ3n) is 6.01. The number of aromatic nitrogens is 1. The highest BCUT2D eigenvalue weighted by Crippen LogP contribution is 2.38. The standard InChI is InChI=1S/C20H24N2O2/c1-2-14-7-13-3-4-18(14)22(11-13)6-5-15-10-21-17-9-20-19(8-16(15)17)23-12-24-20/h3-4,8-10,13-14,18,21H,2,5-7,11-12H2,1H3/t13-,14?,18?/m0/s1. The SMILES string of the molecule is CCC1C[C@@H]2C=CC1N(CCc1c[nH]c3cc4c(cc13)OCO4)C2. The van der Waals surface area contributed by atoms with Crippen molar-refractivity contribution in [1.29, 1.82) is 0 Å². The Hall–Kier alpha value is -1.94. The fraction of sp³-hybridized carbons (Fsp3) is 0.500. The molecule has 1 N–H and O–H groups in total. The first-order chi connectivity index (χ1) is 11.8. The van der Waals surface area contributed by atoms with E-state index in [1.54, 1.807) is 0 Å². The molecule has 24 heavy (non-hydrogen) atoms. The first-order valence-corrected chi connectivity index (χ1v) is 9.14. The minimum atomic E-state index is 0.332. The van der Waals surface area contributed by atoms with Gasteiger partial charge in [0, 0.05) is 42.3 Å². The minimum Gasteiger partial charge on any atom is -0.454 e. The summed E-state index contributed by atoms with van der Waals surface area (Å²) in [6.45, 7) is 5.02. The number of benzene rings is 1. The van der Waals surface area contributed by atoms with Gasteiger partial charge in [-0.05, 0) is 36.3 Å². The lowest BCUT2D eigenvalue weighted by Gasteiger charge is -2.46. The van der Waals surface area contributed by atoms with Crippen LogP contribution < -0.4 is 9.47 Å². The van der Waals surface area contributed by atoms with E-state index in [4.69, 9.17) is 9.47 Å². The van der Waals surface area contributed by atoms with Gasteiger partial charge in [-0.1, -0.05) is 25.5 Å². The van der Waals surface area contributed by atoms with Gasteiger partial charge >= 0.3 is 0 Å². The zero-order chi connectivity index (χ0) is 16.1. The maximum atomic E-state index is 5.54. The number of piperidine rings is 1. The summed E-state index contributed by atoms with van der Waals surface area (Å²) in [6, 6.07) is 4.83. The lowest BCUT2D eigenvalue weighted by Crippen LogP contribution is -2.50. The first kappa shape index (κ1) is 14.4. The van der Waals surface area contributed by atoms with Crippen LogP contribution in [0.1, 0.15) is 25.3 Å². The second-order valence-electron chi connectivity index (χ2n) is 7.35. The number of rotatable bonds is 4. The number of aromatic amines is 1. The van der Waals surface area contributed by atoms with Crippen LogP contribution in [-0.4, -0.2) is 35.8 Å². The molecule has 0 saturated carbocycles. The molecule has 2 bridgehead atoms. The number of H-pyrrole nitrogens is 1. The van der Waals surface area contributed by atoms with Crippen LogP contribution in [0.25, 0.3) is 10.9 Å². The van der Waals surface area contributed by atoms with Crippen LogP contribution in [0.5, 0.6) is 11.5 Å². The lowest BCUT2D eigenvalue weighted by atomic mass is 9.76. The summed E-state index contributed by atoms with van der Waals surface area (Å²) in [4.78, 5) is 6.08. The van der Waals surface area contributed by atoms with Crippen molar-refractivity contribution in [3.8, 4) is 11.5 Å². The van der Waals surface area contributed by atoms with Crippen LogP contribution in [0.15, 0.2) is 30.5 Å². The molecule has 3 atom stereocenters. The molecule has 2 unspecified atom stereocenters. The Morgan fingerprint density at radius 2 is 2.08 bits per heavy atom. The van der Waals surface area contributed by atoms with Crippen molar-refractivity contribution >= 4 is 10.9 Å². The number of fused-ring (bicyclic) bond motifs is 4. The molecule has 1 aliphatic carbocycles. The second kappa shape index (κ2) is 5.55. The van der Waals surface area contributed by atoms with Crippen LogP contribution in [0.4, 0.5) is 0 Å². The molecule has 1 aromatic carbocycles. The molecular formula is C20H24N2O2. The van der Waals surface area contributed by atoms with Crippen LogP contribution in [-0.2, 0) is 6.42 Å². The largest absolute Gasteiger partial charge is 0.454 e. The Balaban J connectivity index is 1.35. The topological polar surface area (TPSA) is 37.5 Å². The maximum absolute atomic E-state index is 5.54. The molecule has 0 radical (unpaired) electrons. The van der Waals surface area contributed by atoms with Crippen molar-refractivity contribution in [3.63, 3.8) is 0 Å². The molecule has 6 rings (SSSR count). The van der Waals surface area contributed by atoms with E-state index in [1.165, 1.54) is 30.3 Å². The molecule has 0 spiro atoms. The van der Waals surface area contributed by atoms with E-state index in [0.29, 0.717) is 12.8 Å². The molecule has 126 valence electrons. The van der Waals surface area contributed by atoms with Gasteiger partial charge < -0.3 is 14.5 Å². The van der Waals surface area contributed by atoms with Crippen molar-refractivity contribution < 1.29 is 9.47 Å². The van der Waals surface area contributed by atoms with E-state index in [-0.39, 0.29) is 0 Å². The third kappa shape index (κ3) is 2.24. The highest BCUT2D eigenvalue weighted by molar-refractivity contribution is 5.87. The Morgan fingerprint density at radius 1 is 1.21 bits per heavy atom. The zero-order valence-electron chi connectivity index (χ0n) is 14.1. The molecule has 2 aromatic rings. The van der Waals surface area contributed by atoms with Crippen molar-refractivity contribution in [2.75, 3.05) is 19.9 Å². The first-order valence-electron chi connectivity index (χ1n) is 9.14. The van der Waals surface area contributed by atoms with Crippen LogP contribution >= 0.6 is 0 Å². The highest BCUT2D eigenvalue weighted by Gasteiger charge is 2.36. The normalized spacial score (nSPS) is 28.1. The van der Waals surface area contributed by atoms with E-state index >= 15 is 0 Å². The molecule has 1 fully saturated rings. The summed E-state index contributed by atoms with van der Waals surface area (Å²) in [7, 11) is 0. The van der Waals surface area contributed by atoms with Gasteiger partial charge in [0.25, 0.3) is 0 Å². The van der Waals surface area contributed by atoms with Gasteiger partial charge in [0.2, 0.25) is 6.79 Å². The van der Waals surface area contributed by atoms with Gasteiger partial charge in [-0.15, -0.1) is 0 Å². The fourth-order valence-corrected chi connectivity index (χ4v) is 4.70. The van der Waals surface area contributed by atoms with Gasteiger partial charge in [-0.25, -0.2) is 0 Å². The monoisotopic (exact) mass is 324 g/mol. The number of hydrogen-bond acceptors (Lipinski definition) is 3. The van der Waals surface area contributed by atoms with E-state index in [9.17, 15) is 0 Å². The minimum absolute atomic E-state index is 0.332. The molecule has 4 nitrogen and oxygen atoms in total. The van der Waals surface area contributed by atoms with Crippen molar-refractivity contribution in [1.82, 2.24) is 9.88 Å².